The molecule has 3 heterocycles. The van der Waals surface area contributed by atoms with E-state index in [2.05, 4.69) is 10.3 Å². The lowest BCUT2D eigenvalue weighted by molar-refractivity contribution is -0.129. The Morgan fingerprint density at radius 3 is 2.86 bits per heavy atom. The molecule has 2 aromatic rings. The third kappa shape index (κ3) is 3.86. The Hall–Kier alpha value is -2.89. The van der Waals surface area contributed by atoms with Gasteiger partial charge in [-0.3, -0.25) is 14.6 Å². The Morgan fingerprint density at radius 2 is 2.04 bits per heavy atom. The summed E-state index contributed by atoms with van der Waals surface area (Å²) < 4.78 is 6.43. The van der Waals surface area contributed by atoms with E-state index in [1.165, 1.54) is 0 Å². The number of likely N-dealkylation sites (tertiary alicyclic amines) is 1. The van der Waals surface area contributed by atoms with Crippen LogP contribution in [-0.4, -0.2) is 40.9 Å². The van der Waals surface area contributed by atoms with Crippen LogP contribution < -0.4 is 10.1 Å². The summed E-state index contributed by atoms with van der Waals surface area (Å²) in [4.78, 5) is 30.6. The van der Waals surface area contributed by atoms with Crippen LogP contribution in [-0.2, 0) is 16.0 Å². The molecule has 0 bridgehead atoms. The Bertz CT molecular complexity index is 870. The van der Waals surface area contributed by atoms with Gasteiger partial charge >= 0.3 is 0 Å². The summed E-state index contributed by atoms with van der Waals surface area (Å²) in [5.41, 5.74) is 1.51. The summed E-state index contributed by atoms with van der Waals surface area (Å²) in [6.45, 7) is 0.665. The zero-order valence-electron chi connectivity index (χ0n) is 16.1. The van der Waals surface area contributed by atoms with E-state index < -0.39 is 5.60 Å². The average molecular weight is 379 g/mol. The van der Waals surface area contributed by atoms with Crippen molar-refractivity contribution in [2.45, 2.75) is 43.7 Å². The predicted octanol–water partition coefficient (Wildman–Crippen LogP) is 2.65. The molecule has 2 aliphatic heterocycles. The standard InChI is InChI=1S/C22H25N3O3/c1-25-13-10-22(9-6-21(25)27)15-18(17-4-2-3-5-19(17)28-22)24-20(26)14-16-7-11-23-12-8-16/h2-5,7-8,11-12,18H,6,9-10,13-15H2,1H3,(H,24,26)/t18-,22-/m1/s1. The van der Waals surface area contributed by atoms with Gasteiger partial charge in [-0.2, -0.15) is 0 Å². The van der Waals surface area contributed by atoms with Crippen molar-refractivity contribution in [1.29, 1.82) is 0 Å². The zero-order valence-corrected chi connectivity index (χ0v) is 16.1. The van der Waals surface area contributed by atoms with Crippen molar-refractivity contribution in [2.24, 2.45) is 0 Å². The van der Waals surface area contributed by atoms with Crippen LogP contribution in [0.5, 0.6) is 5.75 Å². The van der Waals surface area contributed by atoms with Gasteiger partial charge in [-0.1, -0.05) is 18.2 Å². The number of ether oxygens (including phenoxy) is 1. The van der Waals surface area contributed by atoms with Gasteiger partial charge in [0.2, 0.25) is 11.8 Å². The highest BCUT2D eigenvalue weighted by molar-refractivity contribution is 5.79. The molecule has 1 spiro atoms. The number of amides is 2. The van der Waals surface area contributed by atoms with Gasteiger partial charge < -0.3 is 15.0 Å². The van der Waals surface area contributed by atoms with Gasteiger partial charge in [0.05, 0.1) is 12.5 Å². The molecule has 2 aliphatic rings. The molecule has 1 aromatic heterocycles. The number of fused-ring (bicyclic) bond motifs is 1. The molecule has 1 fully saturated rings. The average Bonchev–Trinajstić information content (AvgIpc) is 2.83. The Morgan fingerprint density at radius 1 is 1.25 bits per heavy atom. The summed E-state index contributed by atoms with van der Waals surface area (Å²) in [6, 6.07) is 11.5. The topological polar surface area (TPSA) is 71.5 Å². The highest BCUT2D eigenvalue weighted by atomic mass is 16.5. The third-order valence-electron chi connectivity index (χ3n) is 5.77. The number of carbonyl (C=O) groups excluding carboxylic acids is 2. The van der Waals surface area contributed by atoms with E-state index in [-0.39, 0.29) is 17.9 Å². The Balaban J connectivity index is 1.55. The Kier molecular flexibility index (Phi) is 5.03. The first-order chi connectivity index (χ1) is 13.5. The molecule has 4 rings (SSSR count). The molecule has 6 nitrogen and oxygen atoms in total. The predicted molar refractivity (Wildman–Crippen MR) is 105 cm³/mol. The van der Waals surface area contributed by atoms with Gasteiger partial charge in [-0.15, -0.1) is 0 Å². The van der Waals surface area contributed by atoms with Crippen LogP contribution >= 0.6 is 0 Å². The molecule has 2 amide bonds. The molecular formula is C22H25N3O3. The summed E-state index contributed by atoms with van der Waals surface area (Å²) in [6.07, 6.45) is 6.28. The molecule has 6 heteroatoms. The largest absolute Gasteiger partial charge is 0.487 e. The molecule has 0 unspecified atom stereocenters. The van der Waals surface area contributed by atoms with Crippen molar-refractivity contribution in [3.8, 4) is 5.75 Å². The van der Waals surface area contributed by atoms with Gasteiger partial charge in [0, 0.05) is 50.8 Å². The fourth-order valence-electron chi connectivity index (χ4n) is 4.13. The molecule has 0 aliphatic carbocycles. The number of pyridine rings is 1. The van der Waals surface area contributed by atoms with E-state index in [1.54, 1.807) is 17.3 Å². The first-order valence-corrected chi connectivity index (χ1v) is 9.75. The van der Waals surface area contributed by atoms with Crippen molar-refractivity contribution >= 4 is 11.8 Å². The van der Waals surface area contributed by atoms with Gasteiger partial charge in [0.15, 0.2) is 0 Å². The second kappa shape index (κ2) is 7.62. The van der Waals surface area contributed by atoms with Crippen molar-refractivity contribution in [1.82, 2.24) is 15.2 Å². The van der Waals surface area contributed by atoms with Crippen molar-refractivity contribution in [3.05, 3.63) is 59.9 Å². The summed E-state index contributed by atoms with van der Waals surface area (Å²) in [5, 5.41) is 3.20. The van der Waals surface area contributed by atoms with Crippen LogP contribution in [0.3, 0.4) is 0 Å². The number of nitrogens with one attached hydrogen (secondary N) is 1. The maximum Gasteiger partial charge on any atom is 0.224 e. The molecule has 1 saturated heterocycles. The van der Waals surface area contributed by atoms with Gasteiger partial charge in [0.25, 0.3) is 0 Å². The van der Waals surface area contributed by atoms with E-state index in [0.29, 0.717) is 32.2 Å². The number of para-hydroxylation sites is 1. The number of benzene rings is 1. The molecule has 0 saturated carbocycles. The second-order valence-corrected chi connectivity index (χ2v) is 7.74. The molecule has 2 atom stereocenters. The fourth-order valence-corrected chi connectivity index (χ4v) is 4.13. The Labute approximate surface area is 164 Å². The first-order valence-electron chi connectivity index (χ1n) is 9.75. The van der Waals surface area contributed by atoms with Crippen LogP contribution in [0.4, 0.5) is 0 Å². The van der Waals surface area contributed by atoms with E-state index in [4.69, 9.17) is 4.74 Å². The molecule has 28 heavy (non-hydrogen) atoms. The zero-order chi connectivity index (χ0) is 19.6. The van der Waals surface area contributed by atoms with Crippen LogP contribution in [0.1, 0.15) is 42.9 Å². The van der Waals surface area contributed by atoms with Crippen molar-refractivity contribution < 1.29 is 14.3 Å². The first kappa shape index (κ1) is 18.5. The minimum absolute atomic E-state index is 0.0233. The highest BCUT2D eigenvalue weighted by Crippen LogP contribution is 2.44. The lowest BCUT2D eigenvalue weighted by Crippen LogP contribution is -2.46. The van der Waals surface area contributed by atoms with Crippen LogP contribution in [0.15, 0.2) is 48.8 Å². The van der Waals surface area contributed by atoms with Crippen molar-refractivity contribution in [3.63, 3.8) is 0 Å². The highest BCUT2D eigenvalue weighted by Gasteiger charge is 2.43. The number of hydrogen-bond acceptors (Lipinski definition) is 4. The monoisotopic (exact) mass is 379 g/mol. The SMILES string of the molecule is CN1CC[C@]2(CCC1=O)C[C@@H](NC(=O)Cc1ccncc1)c1ccccc1O2. The number of nitrogens with zero attached hydrogens (tertiary/aromatic N) is 2. The molecule has 1 aromatic carbocycles. The van der Waals surface area contributed by atoms with Crippen LogP contribution in [0, 0.1) is 0 Å². The molecule has 1 N–H and O–H groups in total. The number of carbonyl (C=O) groups is 2. The van der Waals surface area contributed by atoms with E-state index in [1.807, 2.05) is 43.4 Å². The summed E-state index contributed by atoms with van der Waals surface area (Å²) in [7, 11) is 1.84. The van der Waals surface area contributed by atoms with E-state index in [9.17, 15) is 9.59 Å². The number of aromatic nitrogens is 1. The number of rotatable bonds is 3. The third-order valence-corrected chi connectivity index (χ3v) is 5.77. The van der Waals surface area contributed by atoms with Crippen molar-refractivity contribution in [2.75, 3.05) is 13.6 Å². The number of hydrogen-bond donors (Lipinski definition) is 1. The van der Waals surface area contributed by atoms with Crippen LogP contribution in [0.25, 0.3) is 0 Å². The summed E-state index contributed by atoms with van der Waals surface area (Å²) in [5.74, 6) is 0.933. The van der Waals surface area contributed by atoms with Gasteiger partial charge in [-0.05, 0) is 30.2 Å². The minimum Gasteiger partial charge on any atom is -0.487 e. The smallest absolute Gasteiger partial charge is 0.224 e. The lowest BCUT2D eigenvalue weighted by atomic mass is 9.82. The lowest BCUT2D eigenvalue weighted by Gasteiger charge is -2.42. The molecule has 146 valence electrons. The van der Waals surface area contributed by atoms with Gasteiger partial charge in [-0.25, -0.2) is 0 Å². The van der Waals surface area contributed by atoms with E-state index in [0.717, 1.165) is 23.3 Å². The maximum atomic E-state index is 12.7. The molecular weight excluding hydrogens is 354 g/mol. The summed E-state index contributed by atoms with van der Waals surface area (Å²) >= 11 is 0. The van der Waals surface area contributed by atoms with Crippen LogP contribution in [0.2, 0.25) is 0 Å². The quantitative estimate of drug-likeness (QED) is 0.890. The second-order valence-electron chi connectivity index (χ2n) is 7.74. The van der Waals surface area contributed by atoms with E-state index >= 15 is 0 Å². The normalized spacial score (nSPS) is 24.2. The van der Waals surface area contributed by atoms with Gasteiger partial charge in [0.1, 0.15) is 11.4 Å². The maximum absolute atomic E-state index is 12.7. The minimum atomic E-state index is -0.427. The molecule has 0 radical (unpaired) electrons. The fraction of sp³-hybridized carbons (Fsp3) is 0.409.